The smallest absolute Gasteiger partial charge is 0.122 e. The Bertz CT molecular complexity index is 350. The minimum absolute atomic E-state index is 0.585. The molecule has 0 aromatic carbocycles. The Morgan fingerprint density at radius 3 is 3.00 bits per heavy atom. The molecule has 2 heterocycles. The van der Waals surface area contributed by atoms with Crippen LogP contribution in [0.3, 0.4) is 0 Å². The highest BCUT2D eigenvalue weighted by molar-refractivity contribution is 5.04. The molecular formula is C12H22N4O2. The molecule has 1 fully saturated rings. The molecule has 1 aromatic heterocycles. The van der Waals surface area contributed by atoms with Gasteiger partial charge in [0.15, 0.2) is 0 Å². The monoisotopic (exact) mass is 254 g/mol. The van der Waals surface area contributed by atoms with E-state index < -0.39 is 0 Å². The van der Waals surface area contributed by atoms with E-state index in [-0.39, 0.29) is 0 Å². The topological polar surface area (TPSA) is 63.4 Å². The summed E-state index contributed by atoms with van der Waals surface area (Å²) in [4.78, 5) is 2.35. The molecule has 18 heavy (non-hydrogen) atoms. The third-order valence-corrected chi connectivity index (χ3v) is 3.37. The summed E-state index contributed by atoms with van der Waals surface area (Å²) in [6.45, 7) is 6.49. The van der Waals surface area contributed by atoms with Crippen LogP contribution in [0.25, 0.3) is 0 Å². The molecule has 102 valence electrons. The van der Waals surface area contributed by atoms with Crippen LogP contribution >= 0.6 is 0 Å². The minimum atomic E-state index is 0.585. The fraction of sp³-hybridized carbons (Fsp3) is 0.833. The predicted octanol–water partition coefficient (Wildman–Crippen LogP) is 0.578. The average Bonchev–Trinajstić information content (AvgIpc) is 2.99. The molecular weight excluding hydrogens is 232 g/mol. The number of hydrogen-bond donors (Lipinski definition) is 1. The highest BCUT2D eigenvalue weighted by Gasteiger charge is 2.19. The van der Waals surface area contributed by atoms with Crippen molar-refractivity contribution in [3.63, 3.8) is 0 Å². The SMILES string of the molecule is COCCN(Cc1nonc1C)CC1CCCN1. The van der Waals surface area contributed by atoms with Gasteiger partial charge in [0.25, 0.3) is 0 Å². The molecule has 0 aliphatic carbocycles. The average molecular weight is 254 g/mol. The first-order valence-corrected chi connectivity index (χ1v) is 6.52. The molecule has 1 aromatic rings. The van der Waals surface area contributed by atoms with Crippen LogP contribution in [0, 0.1) is 6.92 Å². The second-order valence-electron chi connectivity index (χ2n) is 4.82. The fourth-order valence-corrected chi connectivity index (χ4v) is 2.28. The molecule has 1 aliphatic heterocycles. The van der Waals surface area contributed by atoms with Gasteiger partial charge in [-0.2, -0.15) is 0 Å². The van der Waals surface area contributed by atoms with E-state index >= 15 is 0 Å². The summed E-state index contributed by atoms with van der Waals surface area (Å²) in [6, 6.07) is 0.585. The number of rotatable bonds is 7. The van der Waals surface area contributed by atoms with Crippen molar-refractivity contribution in [2.24, 2.45) is 0 Å². The highest BCUT2D eigenvalue weighted by Crippen LogP contribution is 2.10. The van der Waals surface area contributed by atoms with Crippen molar-refractivity contribution in [2.45, 2.75) is 32.4 Å². The summed E-state index contributed by atoms with van der Waals surface area (Å²) >= 11 is 0. The number of nitrogens with zero attached hydrogens (tertiary/aromatic N) is 3. The van der Waals surface area contributed by atoms with Gasteiger partial charge in [-0.25, -0.2) is 4.63 Å². The van der Waals surface area contributed by atoms with E-state index in [2.05, 4.69) is 20.5 Å². The molecule has 1 unspecified atom stereocenters. The molecule has 0 saturated carbocycles. The second-order valence-corrected chi connectivity index (χ2v) is 4.82. The number of methoxy groups -OCH3 is 1. The maximum absolute atomic E-state index is 5.16. The van der Waals surface area contributed by atoms with Crippen molar-refractivity contribution in [3.05, 3.63) is 11.4 Å². The Morgan fingerprint density at radius 1 is 1.50 bits per heavy atom. The quantitative estimate of drug-likeness (QED) is 0.768. The zero-order valence-corrected chi connectivity index (χ0v) is 11.2. The van der Waals surface area contributed by atoms with Crippen LogP contribution in [-0.2, 0) is 11.3 Å². The number of aromatic nitrogens is 2. The molecule has 0 radical (unpaired) electrons. The highest BCUT2D eigenvalue weighted by atomic mass is 16.6. The minimum Gasteiger partial charge on any atom is -0.383 e. The van der Waals surface area contributed by atoms with Crippen molar-refractivity contribution < 1.29 is 9.37 Å². The van der Waals surface area contributed by atoms with Crippen molar-refractivity contribution in [2.75, 3.05) is 33.4 Å². The third kappa shape index (κ3) is 3.76. The van der Waals surface area contributed by atoms with E-state index in [9.17, 15) is 0 Å². The van der Waals surface area contributed by atoms with Gasteiger partial charge in [-0.1, -0.05) is 10.3 Å². The molecule has 6 nitrogen and oxygen atoms in total. The van der Waals surface area contributed by atoms with Gasteiger partial charge in [0.1, 0.15) is 11.4 Å². The fourth-order valence-electron chi connectivity index (χ4n) is 2.28. The molecule has 1 atom stereocenters. The summed E-state index contributed by atoms with van der Waals surface area (Å²) in [5, 5.41) is 11.3. The maximum atomic E-state index is 5.16. The van der Waals surface area contributed by atoms with E-state index in [4.69, 9.17) is 9.37 Å². The van der Waals surface area contributed by atoms with Crippen LogP contribution in [0.1, 0.15) is 24.2 Å². The Hall–Kier alpha value is -0.980. The first kappa shape index (κ1) is 13.5. The van der Waals surface area contributed by atoms with E-state index in [1.54, 1.807) is 7.11 Å². The molecule has 1 saturated heterocycles. The van der Waals surface area contributed by atoms with Crippen molar-refractivity contribution in [1.29, 1.82) is 0 Å². The lowest BCUT2D eigenvalue weighted by Gasteiger charge is -2.24. The van der Waals surface area contributed by atoms with Crippen LogP contribution in [0.15, 0.2) is 4.63 Å². The third-order valence-electron chi connectivity index (χ3n) is 3.37. The summed E-state index contributed by atoms with van der Waals surface area (Å²) in [7, 11) is 1.73. The van der Waals surface area contributed by atoms with Crippen LogP contribution in [-0.4, -0.2) is 54.6 Å². The second kappa shape index (κ2) is 6.82. The molecule has 0 bridgehead atoms. The van der Waals surface area contributed by atoms with Gasteiger partial charge >= 0.3 is 0 Å². The number of ether oxygens (including phenoxy) is 1. The van der Waals surface area contributed by atoms with Gasteiger partial charge in [0.2, 0.25) is 0 Å². The van der Waals surface area contributed by atoms with Crippen LogP contribution in [0.5, 0.6) is 0 Å². The van der Waals surface area contributed by atoms with Crippen LogP contribution in [0.4, 0.5) is 0 Å². The molecule has 1 N–H and O–H groups in total. The van der Waals surface area contributed by atoms with E-state index in [0.717, 1.165) is 44.2 Å². The van der Waals surface area contributed by atoms with Crippen LogP contribution in [0.2, 0.25) is 0 Å². The lowest BCUT2D eigenvalue weighted by Crippen LogP contribution is -2.39. The van der Waals surface area contributed by atoms with Gasteiger partial charge in [0, 0.05) is 32.8 Å². The molecule has 1 aliphatic rings. The Kier molecular flexibility index (Phi) is 5.10. The number of hydrogen-bond acceptors (Lipinski definition) is 6. The first-order chi connectivity index (χ1) is 8.79. The van der Waals surface area contributed by atoms with Gasteiger partial charge in [-0.15, -0.1) is 0 Å². The van der Waals surface area contributed by atoms with E-state index in [1.807, 2.05) is 6.92 Å². The number of nitrogens with one attached hydrogen (secondary N) is 1. The molecule has 6 heteroatoms. The standard InChI is InChI=1S/C12H22N4O2/c1-10-12(15-18-14-10)9-16(6-7-17-2)8-11-4-3-5-13-11/h11,13H,3-9H2,1-2H3. The lowest BCUT2D eigenvalue weighted by molar-refractivity contribution is 0.136. The van der Waals surface area contributed by atoms with E-state index in [1.165, 1.54) is 12.8 Å². The Labute approximate surface area is 108 Å². The Morgan fingerprint density at radius 2 is 2.39 bits per heavy atom. The predicted molar refractivity (Wildman–Crippen MR) is 67.2 cm³/mol. The van der Waals surface area contributed by atoms with E-state index in [0.29, 0.717) is 6.04 Å². The number of aryl methyl sites for hydroxylation is 1. The van der Waals surface area contributed by atoms with Gasteiger partial charge in [-0.3, -0.25) is 4.90 Å². The normalized spacial score (nSPS) is 19.8. The van der Waals surface area contributed by atoms with Gasteiger partial charge in [0.05, 0.1) is 6.61 Å². The summed E-state index contributed by atoms with van der Waals surface area (Å²) in [5.41, 5.74) is 1.79. The summed E-state index contributed by atoms with van der Waals surface area (Å²) in [5.74, 6) is 0. The molecule has 2 rings (SSSR count). The molecule has 0 spiro atoms. The van der Waals surface area contributed by atoms with Crippen LogP contribution < -0.4 is 5.32 Å². The lowest BCUT2D eigenvalue weighted by atomic mass is 10.2. The zero-order chi connectivity index (χ0) is 12.8. The zero-order valence-electron chi connectivity index (χ0n) is 11.2. The Balaban J connectivity index is 1.89. The summed E-state index contributed by atoms with van der Waals surface area (Å²) in [6.07, 6.45) is 2.52. The molecule has 0 amide bonds. The van der Waals surface area contributed by atoms with Gasteiger partial charge in [-0.05, 0) is 26.3 Å². The van der Waals surface area contributed by atoms with Crippen molar-refractivity contribution in [1.82, 2.24) is 20.5 Å². The van der Waals surface area contributed by atoms with Crippen molar-refractivity contribution in [3.8, 4) is 0 Å². The maximum Gasteiger partial charge on any atom is 0.122 e. The largest absolute Gasteiger partial charge is 0.383 e. The summed E-state index contributed by atoms with van der Waals surface area (Å²) < 4.78 is 9.91. The van der Waals surface area contributed by atoms with Gasteiger partial charge < -0.3 is 10.1 Å². The first-order valence-electron chi connectivity index (χ1n) is 6.52. The van der Waals surface area contributed by atoms with Crippen molar-refractivity contribution >= 4 is 0 Å².